The molecule has 0 aliphatic rings. The summed E-state index contributed by atoms with van der Waals surface area (Å²) in [6.07, 6.45) is -3.29. The van der Waals surface area contributed by atoms with Gasteiger partial charge in [0, 0.05) is 13.1 Å². The zero-order valence-corrected chi connectivity index (χ0v) is 9.29. The summed E-state index contributed by atoms with van der Waals surface area (Å²) in [6, 6.07) is 7.95. The van der Waals surface area contributed by atoms with Crippen LogP contribution in [-0.2, 0) is 13.0 Å². The number of rotatable bonds is 6. The van der Waals surface area contributed by atoms with Gasteiger partial charge in [-0.25, -0.2) is 8.78 Å². The fourth-order valence-electron chi connectivity index (χ4n) is 1.35. The van der Waals surface area contributed by atoms with Gasteiger partial charge in [0.15, 0.2) is 0 Å². The number of nitrogens with one attached hydrogen (secondary N) is 1. The molecule has 1 unspecified atom stereocenters. The average Bonchev–Trinajstić information content (AvgIpc) is 2.29. The number of halogens is 2. The van der Waals surface area contributed by atoms with Crippen molar-refractivity contribution in [2.24, 2.45) is 0 Å². The molecule has 0 bridgehead atoms. The highest BCUT2D eigenvalue weighted by Gasteiger charge is 2.15. The molecule has 1 rings (SSSR count). The largest absolute Gasteiger partial charge is 0.386 e. The maximum atomic E-state index is 12.0. The lowest BCUT2D eigenvalue weighted by molar-refractivity contribution is -0.00340. The van der Waals surface area contributed by atoms with Crippen LogP contribution in [0.2, 0.25) is 0 Å². The second-order valence-corrected chi connectivity index (χ2v) is 3.70. The van der Waals surface area contributed by atoms with Crippen molar-refractivity contribution >= 4 is 0 Å². The van der Waals surface area contributed by atoms with Crippen LogP contribution in [0.1, 0.15) is 18.1 Å². The van der Waals surface area contributed by atoms with Crippen molar-refractivity contribution in [3.8, 4) is 0 Å². The van der Waals surface area contributed by atoms with E-state index >= 15 is 0 Å². The van der Waals surface area contributed by atoms with Crippen molar-refractivity contribution in [3.63, 3.8) is 0 Å². The van der Waals surface area contributed by atoms with Crippen LogP contribution in [0.25, 0.3) is 0 Å². The zero-order chi connectivity index (χ0) is 12.0. The van der Waals surface area contributed by atoms with Gasteiger partial charge in [-0.3, -0.25) is 0 Å². The van der Waals surface area contributed by atoms with Crippen molar-refractivity contribution < 1.29 is 13.9 Å². The molecule has 0 radical (unpaired) electrons. The third kappa shape index (κ3) is 4.24. The van der Waals surface area contributed by atoms with Gasteiger partial charge in [0.2, 0.25) is 0 Å². The Bertz CT molecular complexity index is 300. The Labute approximate surface area is 94.3 Å². The summed E-state index contributed by atoms with van der Waals surface area (Å²) in [5.74, 6) is 0. The molecule has 0 aromatic heterocycles. The highest BCUT2D eigenvalue weighted by Crippen LogP contribution is 2.05. The van der Waals surface area contributed by atoms with E-state index < -0.39 is 12.5 Å². The molecule has 2 nitrogen and oxygen atoms in total. The Morgan fingerprint density at radius 3 is 2.25 bits per heavy atom. The smallest absolute Gasteiger partial charge is 0.265 e. The van der Waals surface area contributed by atoms with Gasteiger partial charge in [0.05, 0.1) is 0 Å². The van der Waals surface area contributed by atoms with Crippen LogP contribution in [0, 0.1) is 0 Å². The molecule has 0 fully saturated rings. The molecule has 4 heteroatoms. The molecule has 0 saturated carbocycles. The van der Waals surface area contributed by atoms with Crippen LogP contribution in [0.4, 0.5) is 8.78 Å². The normalized spacial score (nSPS) is 13.1. The number of alkyl halides is 2. The number of benzene rings is 1. The summed E-state index contributed by atoms with van der Waals surface area (Å²) in [7, 11) is 0. The molecule has 0 saturated heterocycles. The highest BCUT2D eigenvalue weighted by atomic mass is 19.3. The summed E-state index contributed by atoms with van der Waals surface area (Å²) >= 11 is 0. The predicted molar refractivity (Wildman–Crippen MR) is 59.5 cm³/mol. The average molecular weight is 229 g/mol. The lowest BCUT2D eigenvalue weighted by Gasteiger charge is -2.10. The van der Waals surface area contributed by atoms with Gasteiger partial charge in [0.25, 0.3) is 6.43 Å². The van der Waals surface area contributed by atoms with E-state index in [1.54, 1.807) is 0 Å². The van der Waals surface area contributed by atoms with Crippen molar-refractivity contribution in [2.75, 3.05) is 6.54 Å². The topological polar surface area (TPSA) is 32.3 Å². The summed E-state index contributed by atoms with van der Waals surface area (Å²) in [5.41, 5.74) is 2.27. The van der Waals surface area contributed by atoms with E-state index in [9.17, 15) is 8.78 Å². The number of aryl methyl sites for hydroxylation is 1. The van der Waals surface area contributed by atoms with E-state index in [2.05, 4.69) is 12.2 Å². The van der Waals surface area contributed by atoms with Gasteiger partial charge in [-0.1, -0.05) is 31.2 Å². The first kappa shape index (κ1) is 13.1. The third-order valence-corrected chi connectivity index (χ3v) is 2.40. The quantitative estimate of drug-likeness (QED) is 0.781. The van der Waals surface area contributed by atoms with Gasteiger partial charge in [-0.15, -0.1) is 0 Å². The molecule has 1 aromatic carbocycles. The molecule has 0 spiro atoms. The standard InChI is InChI=1S/C12H17F2NO/c1-2-9-3-5-10(6-4-9)7-15-8-11(16)12(13)14/h3-6,11-12,15-16H,2,7-8H2,1H3. The number of hydrogen-bond acceptors (Lipinski definition) is 2. The van der Waals surface area contributed by atoms with E-state index in [4.69, 9.17) is 5.11 Å². The lowest BCUT2D eigenvalue weighted by Crippen LogP contribution is -2.31. The van der Waals surface area contributed by atoms with E-state index in [1.807, 2.05) is 24.3 Å². The van der Waals surface area contributed by atoms with Gasteiger partial charge in [-0.2, -0.15) is 0 Å². The Morgan fingerprint density at radius 2 is 1.75 bits per heavy atom. The fraction of sp³-hybridized carbons (Fsp3) is 0.500. The summed E-state index contributed by atoms with van der Waals surface area (Å²) in [4.78, 5) is 0. The van der Waals surface area contributed by atoms with Crippen LogP contribution < -0.4 is 5.32 Å². The molecule has 2 N–H and O–H groups in total. The number of aliphatic hydroxyl groups excluding tert-OH is 1. The SMILES string of the molecule is CCc1ccc(CNCC(O)C(F)F)cc1. The minimum atomic E-state index is -2.69. The van der Waals surface area contributed by atoms with Crippen LogP contribution in [0.3, 0.4) is 0 Å². The van der Waals surface area contributed by atoms with E-state index in [1.165, 1.54) is 5.56 Å². The molecule has 90 valence electrons. The maximum absolute atomic E-state index is 12.0. The van der Waals surface area contributed by atoms with Gasteiger partial charge in [0.1, 0.15) is 6.10 Å². The number of hydrogen-bond donors (Lipinski definition) is 2. The van der Waals surface area contributed by atoms with Crippen LogP contribution in [0.15, 0.2) is 24.3 Å². The minimum Gasteiger partial charge on any atom is -0.386 e. The first-order valence-electron chi connectivity index (χ1n) is 5.38. The van der Waals surface area contributed by atoms with Gasteiger partial charge < -0.3 is 10.4 Å². The molecule has 1 atom stereocenters. The Kier molecular flexibility index (Phi) is 5.35. The maximum Gasteiger partial charge on any atom is 0.265 e. The number of aliphatic hydroxyl groups is 1. The van der Waals surface area contributed by atoms with Crippen LogP contribution in [-0.4, -0.2) is 24.2 Å². The van der Waals surface area contributed by atoms with Crippen LogP contribution >= 0.6 is 0 Å². The predicted octanol–water partition coefficient (Wildman–Crippen LogP) is 1.96. The molecule has 16 heavy (non-hydrogen) atoms. The molecular formula is C12H17F2NO. The second-order valence-electron chi connectivity index (χ2n) is 3.70. The van der Waals surface area contributed by atoms with Crippen molar-refractivity contribution in [3.05, 3.63) is 35.4 Å². The Balaban J connectivity index is 2.31. The first-order valence-corrected chi connectivity index (χ1v) is 5.38. The van der Waals surface area contributed by atoms with Crippen molar-refractivity contribution in [1.29, 1.82) is 0 Å². The third-order valence-electron chi connectivity index (χ3n) is 2.40. The summed E-state index contributed by atoms with van der Waals surface area (Å²) in [6.45, 7) is 2.48. The van der Waals surface area contributed by atoms with Crippen molar-refractivity contribution in [2.45, 2.75) is 32.4 Å². The molecular weight excluding hydrogens is 212 g/mol. The first-order chi connectivity index (χ1) is 7.63. The van der Waals surface area contributed by atoms with Crippen molar-refractivity contribution in [1.82, 2.24) is 5.32 Å². The summed E-state index contributed by atoms with van der Waals surface area (Å²) in [5, 5.41) is 11.7. The molecule has 0 heterocycles. The fourth-order valence-corrected chi connectivity index (χ4v) is 1.35. The second kappa shape index (κ2) is 6.55. The molecule has 0 aliphatic carbocycles. The lowest BCUT2D eigenvalue weighted by atomic mass is 10.1. The highest BCUT2D eigenvalue weighted by molar-refractivity contribution is 5.22. The van der Waals surface area contributed by atoms with E-state index in [-0.39, 0.29) is 6.54 Å². The molecule has 0 aliphatic heterocycles. The molecule has 1 aromatic rings. The minimum absolute atomic E-state index is 0.0901. The Morgan fingerprint density at radius 1 is 1.19 bits per heavy atom. The van der Waals surface area contributed by atoms with Gasteiger partial charge >= 0.3 is 0 Å². The van der Waals surface area contributed by atoms with E-state index in [0.717, 1.165) is 12.0 Å². The Hall–Kier alpha value is -1.00. The zero-order valence-electron chi connectivity index (χ0n) is 9.29. The van der Waals surface area contributed by atoms with Crippen LogP contribution in [0.5, 0.6) is 0 Å². The monoisotopic (exact) mass is 229 g/mol. The van der Waals surface area contributed by atoms with E-state index in [0.29, 0.717) is 6.54 Å². The summed E-state index contributed by atoms with van der Waals surface area (Å²) < 4.78 is 23.9. The van der Waals surface area contributed by atoms with Gasteiger partial charge in [-0.05, 0) is 17.5 Å². The molecule has 0 amide bonds.